The molecular weight excluding hydrogens is 234 g/mol. The maximum atomic E-state index is 11.0. The molecule has 1 saturated heterocycles. The van der Waals surface area contributed by atoms with E-state index < -0.39 is 0 Å². The van der Waals surface area contributed by atoms with E-state index in [1.165, 1.54) is 13.2 Å². The van der Waals surface area contributed by atoms with Gasteiger partial charge in [-0.3, -0.25) is 15.5 Å². The highest BCUT2D eigenvalue weighted by Crippen LogP contribution is 2.33. The molecule has 1 aromatic rings. The van der Waals surface area contributed by atoms with Gasteiger partial charge in [-0.2, -0.15) is 0 Å². The maximum absolute atomic E-state index is 11.0. The van der Waals surface area contributed by atoms with Crippen molar-refractivity contribution in [1.82, 2.24) is 0 Å². The van der Waals surface area contributed by atoms with Gasteiger partial charge in [0.15, 0.2) is 0 Å². The molecule has 1 aromatic carbocycles. The minimum atomic E-state index is -0.388. The van der Waals surface area contributed by atoms with Crippen LogP contribution < -0.4 is 4.90 Å². The molecule has 1 unspecified atom stereocenters. The molecule has 1 N–H and O–H groups in total. The zero-order valence-corrected chi connectivity index (χ0v) is 10.1. The number of rotatable bonds is 3. The van der Waals surface area contributed by atoms with Gasteiger partial charge in [0.25, 0.3) is 5.69 Å². The van der Waals surface area contributed by atoms with Crippen molar-refractivity contribution in [3.63, 3.8) is 0 Å². The molecule has 1 aliphatic heterocycles. The van der Waals surface area contributed by atoms with Crippen molar-refractivity contribution in [2.75, 3.05) is 18.6 Å². The van der Waals surface area contributed by atoms with Crippen molar-refractivity contribution in [3.05, 3.63) is 34.4 Å². The fourth-order valence-corrected chi connectivity index (χ4v) is 2.33. The number of nitro benzene ring substituents is 1. The van der Waals surface area contributed by atoms with Gasteiger partial charge in [-0.1, -0.05) is 12.1 Å². The highest BCUT2D eigenvalue weighted by Gasteiger charge is 2.32. The van der Waals surface area contributed by atoms with E-state index >= 15 is 0 Å². The fraction of sp³-hybridized carbons (Fsp3) is 0.417. The quantitative estimate of drug-likeness (QED) is 0.385. The molecule has 18 heavy (non-hydrogen) atoms. The summed E-state index contributed by atoms with van der Waals surface area (Å²) in [6.45, 7) is 0.710. The molecule has 2 rings (SSSR count). The van der Waals surface area contributed by atoms with E-state index in [0.717, 1.165) is 12.8 Å². The van der Waals surface area contributed by atoms with Gasteiger partial charge >= 0.3 is 0 Å². The number of nitrogens with zero attached hydrogens (tertiary/aromatic N) is 2. The summed E-state index contributed by atoms with van der Waals surface area (Å²) in [5, 5.41) is 18.8. The average Bonchev–Trinajstić information content (AvgIpc) is 2.86. The summed E-state index contributed by atoms with van der Waals surface area (Å²) < 4.78 is 4.96. The van der Waals surface area contributed by atoms with Crippen LogP contribution in [-0.2, 0) is 4.74 Å². The second-order valence-electron chi connectivity index (χ2n) is 4.17. The molecule has 1 fully saturated rings. The van der Waals surface area contributed by atoms with Crippen LogP contribution in [0.5, 0.6) is 0 Å². The fourth-order valence-electron chi connectivity index (χ4n) is 2.33. The van der Waals surface area contributed by atoms with Crippen LogP contribution in [0, 0.1) is 15.5 Å². The zero-order valence-electron chi connectivity index (χ0n) is 10.1. The molecule has 0 aliphatic carbocycles. The summed E-state index contributed by atoms with van der Waals surface area (Å²) in [5.74, 6) is 0.158. The second kappa shape index (κ2) is 5.03. The molecule has 0 spiro atoms. The molecule has 0 saturated carbocycles. The Hall–Kier alpha value is -2.11. The first-order valence-corrected chi connectivity index (χ1v) is 5.77. The summed E-state index contributed by atoms with van der Waals surface area (Å²) in [6, 6.07) is 6.43. The minimum Gasteiger partial charge on any atom is -0.483 e. The predicted molar refractivity (Wildman–Crippen MR) is 68.2 cm³/mol. The number of methoxy groups -OCH3 is 1. The number of benzene rings is 1. The monoisotopic (exact) mass is 249 g/mol. The number of nitro groups is 1. The van der Waals surface area contributed by atoms with Gasteiger partial charge in [0.2, 0.25) is 5.90 Å². The Kier molecular flexibility index (Phi) is 3.45. The molecule has 1 heterocycles. The van der Waals surface area contributed by atoms with Crippen LogP contribution in [0.1, 0.15) is 12.8 Å². The predicted octanol–water partition coefficient (Wildman–Crippen LogP) is 2.19. The average molecular weight is 249 g/mol. The van der Waals surface area contributed by atoms with Gasteiger partial charge < -0.3 is 9.64 Å². The molecule has 0 amide bonds. The third-order valence-electron chi connectivity index (χ3n) is 3.16. The summed E-state index contributed by atoms with van der Waals surface area (Å²) in [5.41, 5.74) is 0.639. The summed E-state index contributed by atoms with van der Waals surface area (Å²) >= 11 is 0. The Bertz CT molecular complexity index is 475. The van der Waals surface area contributed by atoms with E-state index in [9.17, 15) is 10.1 Å². The molecule has 1 atom stereocenters. The summed E-state index contributed by atoms with van der Waals surface area (Å²) in [7, 11) is 1.46. The van der Waals surface area contributed by atoms with Gasteiger partial charge in [-0.25, -0.2) is 0 Å². The van der Waals surface area contributed by atoms with Crippen LogP contribution in [0.25, 0.3) is 0 Å². The van der Waals surface area contributed by atoms with Gasteiger partial charge in [-0.05, 0) is 18.9 Å². The van der Waals surface area contributed by atoms with Crippen LogP contribution in [-0.4, -0.2) is 30.5 Å². The van der Waals surface area contributed by atoms with E-state index in [4.69, 9.17) is 10.1 Å². The molecule has 1 aliphatic rings. The molecule has 0 bridgehead atoms. The van der Waals surface area contributed by atoms with E-state index in [0.29, 0.717) is 12.2 Å². The van der Waals surface area contributed by atoms with Crippen molar-refractivity contribution in [3.8, 4) is 0 Å². The van der Waals surface area contributed by atoms with E-state index in [1.54, 1.807) is 18.2 Å². The Balaban J connectivity index is 2.36. The Morgan fingerprint density at radius 2 is 2.28 bits per heavy atom. The number of anilines is 1. The topological polar surface area (TPSA) is 79.5 Å². The van der Waals surface area contributed by atoms with Gasteiger partial charge in [-0.15, -0.1) is 0 Å². The van der Waals surface area contributed by atoms with Crippen molar-refractivity contribution in [1.29, 1.82) is 5.41 Å². The van der Waals surface area contributed by atoms with Gasteiger partial charge in [0.1, 0.15) is 11.7 Å². The lowest BCUT2D eigenvalue weighted by Gasteiger charge is -2.25. The number of hydrogen-bond donors (Lipinski definition) is 1. The third kappa shape index (κ3) is 2.13. The summed E-state index contributed by atoms with van der Waals surface area (Å²) in [4.78, 5) is 12.5. The number of nitrogens with one attached hydrogen (secondary N) is 1. The van der Waals surface area contributed by atoms with E-state index in [2.05, 4.69) is 0 Å². The van der Waals surface area contributed by atoms with E-state index in [-0.39, 0.29) is 22.6 Å². The lowest BCUT2D eigenvalue weighted by Crippen LogP contribution is -2.36. The molecule has 6 heteroatoms. The highest BCUT2D eigenvalue weighted by atomic mass is 16.6. The third-order valence-corrected chi connectivity index (χ3v) is 3.16. The van der Waals surface area contributed by atoms with Crippen molar-refractivity contribution in [2.45, 2.75) is 18.9 Å². The number of para-hydroxylation sites is 2. The standard InChI is InChI=1S/C12H15N3O3/c1-18-12(13)11-7-4-8-14(11)9-5-2-3-6-10(9)15(16)17/h2-3,5-6,11,13H,4,7-8H2,1H3. The Labute approximate surface area is 105 Å². The largest absolute Gasteiger partial charge is 0.483 e. The lowest BCUT2D eigenvalue weighted by atomic mass is 10.2. The Morgan fingerprint density at radius 1 is 1.56 bits per heavy atom. The Morgan fingerprint density at radius 3 is 2.94 bits per heavy atom. The normalized spacial score (nSPS) is 18.7. The molecular formula is C12H15N3O3. The molecule has 6 nitrogen and oxygen atoms in total. The maximum Gasteiger partial charge on any atom is 0.292 e. The molecule has 0 radical (unpaired) electrons. The van der Waals surface area contributed by atoms with Crippen LogP contribution in [0.3, 0.4) is 0 Å². The van der Waals surface area contributed by atoms with Crippen LogP contribution in [0.4, 0.5) is 11.4 Å². The van der Waals surface area contributed by atoms with Crippen LogP contribution in [0.15, 0.2) is 24.3 Å². The zero-order chi connectivity index (χ0) is 13.1. The van der Waals surface area contributed by atoms with Gasteiger partial charge in [0, 0.05) is 12.6 Å². The molecule has 0 aromatic heterocycles. The van der Waals surface area contributed by atoms with Crippen LogP contribution in [0.2, 0.25) is 0 Å². The molecule has 96 valence electrons. The highest BCUT2D eigenvalue weighted by molar-refractivity contribution is 5.84. The SMILES string of the molecule is COC(=N)C1CCCN1c1ccccc1[N+](=O)[O-]. The van der Waals surface area contributed by atoms with E-state index in [1.807, 2.05) is 4.90 Å². The van der Waals surface area contributed by atoms with Crippen molar-refractivity contribution in [2.24, 2.45) is 0 Å². The minimum absolute atomic E-state index is 0.0771. The number of hydrogen-bond acceptors (Lipinski definition) is 5. The first kappa shape index (κ1) is 12.3. The smallest absolute Gasteiger partial charge is 0.292 e. The van der Waals surface area contributed by atoms with Crippen molar-refractivity contribution < 1.29 is 9.66 Å². The summed E-state index contributed by atoms with van der Waals surface area (Å²) in [6.07, 6.45) is 1.70. The first-order valence-electron chi connectivity index (χ1n) is 5.77. The van der Waals surface area contributed by atoms with Gasteiger partial charge in [0.05, 0.1) is 12.0 Å². The van der Waals surface area contributed by atoms with Crippen LogP contribution >= 0.6 is 0 Å². The number of ether oxygens (including phenoxy) is 1. The van der Waals surface area contributed by atoms with Crippen molar-refractivity contribution >= 4 is 17.3 Å². The second-order valence-corrected chi connectivity index (χ2v) is 4.17. The first-order chi connectivity index (χ1) is 8.65. The lowest BCUT2D eigenvalue weighted by molar-refractivity contribution is -0.384.